The monoisotopic (exact) mass is 343 g/mol. The SMILES string of the molecule is C/C=C\C/C=C(\Cc1ncc2nc(C)nn2c1CCC)SC=NC. The molecule has 0 aliphatic heterocycles. The molecule has 5 nitrogen and oxygen atoms in total. The third kappa shape index (κ3) is 4.77. The van der Waals surface area contributed by atoms with E-state index < -0.39 is 0 Å². The van der Waals surface area contributed by atoms with Crippen LogP contribution in [0.25, 0.3) is 5.65 Å². The second-order valence-electron chi connectivity index (χ2n) is 5.46. The first-order valence-corrected chi connectivity index (χ1v) is 9.15. The molecule has 0 atom stereocenters. The Kier molecular flexibility index (Phi) is 7.18. The van der Waals surface area contributed by atoms with Crippen molar-refractivity contribution in [2.45, 2.75) is 46.5 Å². The van der Waals surface area contributed by atoms with Gasteiger partial charge in [-0.05, 0) is 31.6 Å². The lowest BCUT2D eigenvalue weighted by atomic mass is 10.1. The molecule has 0 radical (unpaired) electrons. The summed E-state index contributed by atoms with van der Waals surface area (Å²) in [6.07, 6.45) is 12.0. The van der Waals surface area contributed by atoms with E-state index in [0.29, 0.717) is 0 Å². The van der Waals surface area contributed by atoms with Gasteiger partial charge in [-0.2, -0.15) is 5.10 Å². The van der Waals surface area contributed by atoms with Gasteiger partial charge < -0.3 is 0 Å². The van der Waals surface area contributed by atoms with Gasteiger partial charge in [-0.15, -0.1) is 0 Å². The van der Waals surface area contributed by atoms with Crippen molar-refractivity contribution in [1.82, 2.24) is 19.6 Å². The van der Waals surface area contributed by atoms with Gasteiger partial charge >= 0.3 is 0 Å². The maximum absolute atomic E-state index is 4.67. The minimum atomic E-state index is 0.780. The normalized spacial score (nSPS) is 12.9. The highest BCUT2D eigenvalue weighted by molar-refractivity contribution is 8.15. The summed E-state index contributed by atoms with van der Waals surface area (Å²) in [5, 5.41) is 4.54. The van der Waals surface area contributed by atoms with Crippen LogP contribution in [0.3, 0.4) is 0 Å². The summed E-state index contributed by atoms with van der Waals surface area (Å²) in [5.41, 5.74) is 4.92. The van der Waals surface area contributed by atoms with Crippen molar-refractivity contribution >= 4 is 23.0 Å². The first-order chi connectivity index (χ1) is 11.7. The van der Waals surface area contributed by atoms with Crippen molar-refractivity contribution in [2.24, 2.45) is 4.99 Å². The van der Waals surface area contributed by atoms with Crippen molar-refractivity contribution < 1.29 is 0 Å². The molecule has 2 aromatic rings. The van der Waals surface area contributed by atoms with E-state index >= 15 is 0 Å². The molecule has 2 rings (SSSR count). The van der Waals surface area contributed by atoms with Gasteiger partial charge in [0.05, 0.1) is 23.1 Å². The van der Waals surface area contributed by atoms with E-state index in [0.717, 1.165) is 48.5 Å². The molecule has 0 saturated heterocycles. The van der Waals surface area contributed by atoms with Crippen LogP contribution in [-0.2, 0) is 12.8 Å². The van der Waals surface area contributed by atoms with E-state index in [1.165, 1.54) is 4.91 Å². The summed E-state index contributed by atoms with van der Waals surface area (Å²) in [6.45, 7) is 6.13. The topological polar surface area (TPSA) is 55.4 Å². The molecule has 6 heteroatoms. The number of allylic oxidation sites excluding steroid dienone is 4. The Morgan fingerprint density at radius 2 is 2.25 bits per heavy atom. The van der Waals surface area contributed by atoms with Crippen LogP contribution in [0.5, 0.6) is 0 Å². The second-order valence-corrected chi connectivity index (χ2v) is 6.43. The summed E-state index contributed by atoms with van der Waals surface area (Å²) in [6, 6.07) is 0. The number of hydrogen-bond acceptors (Lipinski definition) is 5. The van der Waals surface area contributed by atoms with Crippen molar-refractivity contribution in [1.29, 1.82) is 0 Å². The van der Waals surface area contributed by atoms with Gasteiger partial charge in [0.2, 0.25) is 0 Å². The van der Waals surface area contributed by atoms with E-state index in [1.54, 1.807) is 18.8 Å². The lowest BCUT2D eigenvalue weighted by Crippen LogP contribution is -2.07. The van der Waals surface area contributed by atoms with E-state index in [4.69, 9.17) is 0 Å². The highest BCUT2D eigenvalue weighted by Crippen LogP contribution is 2.22. The maximum Gasteiger partial charge on any atom is 0.174 e. The Bertz CT molecular complexity index is 758. The average molecular weight is 344 g/mol. The van der Waals surface area contributed by atoms with Gasteiger partial charge in [-0.1, -0.05) is 43.3 Å². The summed E-state index contributed by atoms with van der Waals surface area (Å²) >= 11 is 1.65. The molecule has 2 aromatic heterocycles. The molecule has 0 bridgehead atoms. The molecule has 0 amide bonds. The molecule has 0 spiro atoms. The molecule has 0 N–H and O–H groups in total. The van der Waals surface area contributed by atoms with Gasteiger partial charge in [-0.3, -0.25) is 9.98 Å². The molecule has 0 aliphatic carbocycles. The van der Waals surface area contributed by atoms with Crippen LogP contribution in [0.1, 0.15) is 43.9 Å². The molecule has 0 fully saturated rings. The fraction of sp³-hybridized carbons (Fsp3) is 0.444. The quantitative estimate of drug-likeness (QED) is 0.410. The largest absolute Gasteiger partial charge is 0.289 e. The van der Waals surface area contributed by atoms with Crippen LogP contribution in [0, 0.1) is 6.92 Å². The van der Waals surface area contributed by atoms with Crippen LogP contribution in [0.15, 0.2) is 34.3 Å². The van der Waals surface area contributed by atoms with Crippen LogP contribution >= 0.6 is 11.8 Å². The number of hydrogen-bond donors (Lipinski definition) is 0. The summed E-state index contributed by atoms with van der Waals surface area (Å²) < 4.78 is 1.95. The van der Waals surface area contributed by atoms with E-state index in [9.17, 15) is 0 Å². The molecule has 0 unspecified atom stereocenters. The first kappa shape index (κ1) is 18.4. The molecule has 0 saturated carbocycles. The number of thioether (sulfide) groups is 1. The molecular formula is C18H25N5S. The van der Waals surface area contributed by atoms with Crippen LogP contribution in [0.4, 0.5) is 0 Å². The smallest absolute Gasteiger partial charge is 0.174 e. The summed E-state index contributed by atoms with van der Waals surface area (Å²) in [4.78, 5) is 14.4. The Morgan fingerprint density at radius 1 is 1.42 bits per heavy atom. The van der Waals surface area contributed by atoms with E-state index in [-0.39, 0.29) is 0 Å². The molecule has 24 heavy (non-hydrogen) atoms. The molecular weight excluding hydrogens is 318 g/mol. The van der Waals surface area contributed by atoms with E-state index in [1.807, 2.05) is 30.1 Å². The highest BCUT2D eigenvalue weighted by Gasteiger charge is 2.13. The lowest BCUT2D eigenvalue weighted by molar-refractivity contribution is 0.766. The van der Waals surface area contributed by atoms with Gasteiger partial charge in [0.25, 0.3) is 0 Å². The van der Waals surface area contributed by atoms with Crippen LogP contribution in [-0.4, -0.2) is 32.2 Å². The highest BCUT2D eigenvalue weighted by atomic mass is 32.2. The summed E-state index contributed by atoms with van der Waals surface area (Å²) in [5.74, 6) is 0.780. The Balaban J connectivity index is 2.37. The van der Waals surface area contributed by atoms with Gasteiger partial charge in [0.15, 0.2) is 5.65 Å². The fourth-order valence-corrected chi connectivity index (χ4v) is 3.12. The third-order valence-electron chi connectivity index (χ3n) is 3.52. The zero-order valence-electron chi connectivity index (χ0n) is 14.9. The van der Waals surface area contributed by atoms with Crippen molar-refractivity contribution in [2.75, 3.05) is 7.05 Å². The molecule has 2 heterocycles. The fourth-order valence-electron chi connectivity index (χ4n) is 2.46. The third-order valence-corrected chi connectivity index (χ3v) is 4.45. The standard InChI is InChI=1S/C18H25N5S/c1-5-7-8-10-15(24-13-19-4)11-16-17(9-6-2)23-18(12-20-16)21-14(3)22-23/h5,7,10,12-13H,6,8-9,11H2,1-4H3/b7-5-,15-10+,19-13?. The van der Waals surface area contributed by atoms with Crippen LogP contribution < -0.4 is 0 Å². The summed E-state index contributed by atoms with van der Waals surface area (Å²) in [7, 11) is 1.79. The minimum absolute atomic E-state index is 0.780. The number of nitrogens with zero attached hydrogens (tertiary/aromatic N) is 5. The predicted molar refractivity (Wildman–Crippen MR) is 103 cm³/mol. The van der Waals surface area contributed by atoms with Gasteiger partial charge in [0.1, 0.15) is 5.82 Å². The number of rotatable bonds is 8. The van der Waals surface area contributed by atoms with Crippen LogP contribution in [0.2, 0.25) is 0 Å². The first-order valence-electron chi connectivity index (χ1n) is 8.27. The minimum Gasteiger partial charge on any atom is -0.289 e. The predicted octanol–water partition coefficient (Wildman–Crippen LogP) is 4.17. The van der Waals surface area contributed by atoms with E-state index in [2.05, 4.69) is 45.2 Å². The zero-order chi connectivity index (χ0) is 17.4. The number of aryl methyl sites for hydroxylation is 2. The Labute approximate surface area is 148 Å². The molecule has 0 aliphatic rings. The van der Waals surface area contributed by atoms with Crippen molar-refractivity contribution in [3.63, 3.8) is 0 Å². The van der Waals surface area contributed by atoms with Crippen molar-refractivity contribution in [3.05, 3.63) is 46.5 Å². The van der Waals surface area contributed by atoms with Crippen molar-refractivity contribution in [3.8, 4) is 0 Å². The number of fused-ring (bicyclic) bond motifs is 1. The van der Waals surface area contributed by atoms with Gasteiger partial charge in [0, 0.05) is 13.5 Å². The Morgan fingerprint density at radius 3 is 2.96 bits per heavy atom. The number of aliphatic imine (C=N–C) groups is 1. The molecule has 128 valence electrons. The number of aromatic nitrogens is 4. The second kappa shape index (κ2) is 9.37. The zero-order valence-corrected chi connectivity index (χ0v) is 15.7. The maximum atomic E-state index is 4.67. The van der Waals surface area contributed by atoms with Gasteiger partial charge in [-0.25, -0.2) is 9.50 Å². The lowest BCUT2D eigenvalue weighted by Gasteiger charge is -2.10. The average Bonchev–Trinajstić information content (AvgIpc) is 2.95. The molecule has 0 aromatic carbocycles. The Hall–Kier alpha value is -1.95.